The minimum absolute atomic E-state index is 0.251. The molecule has 108 valence electrons. The highest BCUT2D eigenvalue weighted by Crippen LogP contribution is 2.32. The van der Waals surface area contributed by atoms with Crippen LogP contribution >= 0.6 is 11.3 Å². The molecule has 1 unspecified atom stereocenters. The lowest BCUT2D eigenvalue weighted by Crippen LogP contribution is -2.34. The van der Waals surface area contributed by atoms with Crippen LogP contribution < -0.4 is 11.1 Å². The number of rotatable bonds is 4. The number of guanidine groups is 1. The minimum Gasteiger partial charge on any atom is -0.370 e. The summed E-state index contributed by atoms with van der Waals surface area (Å²) >= 11 is 1.76. The summed E-state index contributed by atoms with van der Waals surface area (Å²) in [5, 5.41) is 6.55. The van der Waals surface area contributed by atoms with E-state index in [4.69, 9.17) is 5.73 Å². The SMILES string of the molecule is CN=C(N)NCC(c1cccs1)c1c[nH]c2ccccc12. The number of nitrogens with two attached hydrogens (primary N) is 1. The van der Waals surface area contributed by atoms with Gasteiger partial charge in [-0.2, -0.15) is 0 Å². The van der Waals surface area contributed by atoms with Crippen molar-refractivity contribution in [2.45, 2.75) is 5.92 Å². The van der Waals surface area contributed by atoms with E-state index >= 15 is 0 Å². The van der Waals surface area contributed by atoms with Gasteiger partial charge >= 0.3 is 0 Å². The van der Waals surface area contributed by atoms with E-state index in [1.807, 2.05) is 6.07 Å². The first-order valence-electron chi connectivity index (χ1n) is 6.85. The molecule has 1 atom stereocenters. The largest absolute Gasteiger partial charge is 0.370 e. The first-order valence-corrected chi connectivity index (χ1v) is 7.73. The Morgan fingerprint density at radius 3 is 2.95 bits per heavy atom. The second-order valence-corrected chi connectivity index (χ2v) is 5.83. The van der Waals surface area contributed by atoms with Gasteiger partial charge < -0.3 is 16.0 Å². The van der Waals surface area contributed by atoms with E-state index in [1.54, 1.807) is 18.4 Å². The van der Waals surface area contributed by atoms with E-state index < -0.39 is 0 Å². The standard InChI is InChI=1S/C16H18N4S/c1-18-16(17)20-10-13(15-7-4-8-21-15)12-9-19-14-6-3-2-5-11(12)14/h2-9,13,19H,10H2,1H3,(H3,17,18,20). The summed E-state index contributed by atoms with van der Waals surface area (Å²) in [4.78, 5) is 8.63. The molecule has 2 heterocycles. The smallest absolute Gasteiger partial charge is 0.188 e. The Hall–Kier alpha value is -2.27. The Labute approximate surface area is 127 Å². The van der Waals surface area contributed by atoms with Crippen molar-refractivity contribution >= 4 is 28.2 Å². The zero-order valence-corrected chi connectivity index (χ0v) is 12.7. The molecule has 0 bridgehead atoms. The maximum absolute atomic E-state index is 5.78. The van der Waals surface area contributed by atoms with Gasteiger partial charge in [-0.15, -0.1) is 11.3 Å². The van der Waals surface area contributed by atoms with E-state index in [-0.39, 0.29) is 5.92 Å². The molecule has 3 rings (SSSR count). The van der Waals surface area contributed by atoms with E-state index in [0.29, 0.717) is 5.96 Å². The fraction of sp³-hybridized carbons (Fsp3) is 0.188. The van der Waals surface area contributed by atoms with Crippen LogP contribution in [-0.2, 0) is 0 Å². The first kappa shape index (κ1) is 13.7. The number of fused-ring (bicyclic) bond motifs is 1. The normalized spacial score (nSPS) is 13.5. The fourth-order valence-corrected chi connectivity index (χ4v) is 3.37. The molecule has 2 aromatic heterocycles. The second-order valence-electron chi connectivity index (χ2n) is 4.85. The predicted octanol–water partition coefficient (Wildman–Crippen LogP) is 2.90. The lowest BCUT2D eigenvalue weighted by molar-refractivity contribution is 0.768. The number of hydrogen-bond acceptors (Lipinski definition) is 2. The summed E-state index contributed by atoms with van der Waals surface area (Å²) in [5.74, 6) is 0.720. The van der Waals surface area contributed by atoms with Crippen molar-refractivity contribution in [3.05, 3.63) is 58.4 Å². The summed E-state index contributed by atoms with van der Waals surface area (Å²) in [6, 6.07) is 12.6. The van der Waals surface area contributed by atoms with Crippen molar-refractivity contribution in [1.82, 2.24) is 10.3 Å². The highest BCUT2D eigenvalue weighted by Gasteiger charge is 2.19. The van der Waals surface area contributed by atoms with Gasteiger partial charge in [0.25, 0.3) is 0 Å². The van der Waals surface area contributed by atoms with Crippen LogP contribution in [0.15, 0.2) is 53.0 Å². The second kappa shape index (κ2) is 6.01. The molecule has 1 aromatic carbocycles. The Kier molecular flexibility index (Phi) is 3.92. The summed E-state index contributed by atoms with van der Waals surface area (Å²) < 4.78 is 0. The minimum atomic E-state index is 0.251. The fourth-order valence-electron chi connectivity index (χ4n) is 2.52. The number of para-hydroxylation sites is 1. The van der Waals surface area contributed by atoms with Crippen LogP contribution in [0.25, 0.3) is 10.9 Å². The van der Waals surface area contributed by atoms with Crippen LogP contribution in [0.4, 0.5) is 0 Å². The predicted molar refractivity (Wildman–Crippen MR) is 90.0 cm³/mol. The number of H-pyrrole nitrogens is 1. The van der Waals surface area contributed by atoms with E-state index in [9.17, 15) is 0 Å². The number of hydrogen-bond donors (Lipinski definition) is 3. The Bertz CT molecular complexity index is 743. The quantitative estimate of drug-likeness (QED) is 0.512. The number of thiophene rings is 1. The highest BCUT2D eigenvalue weighted by atomic mass is 32.1. The average Bonchev–Trinajstić information content (AvgIpc) is 3.17. The van der Waals surface area contributed by atoms with Crippen LogP contribution in [0.1, 0.15) is 16.4 Å². The first-order chi connectivity index (χ1) is 10.3. The molecule has 0 aliphatic carbocycles. The van der Waals surface area contributed by atoms with Crippen molar-refractivity contribution in [3.8, 4) is 0 Å². The maximum atomic E-state index is 5.78. The molecule has 5 heteroatoms. The molecule has 3 aromatic rings. The third kappa shape index (κ3) is 2.78. The molecule has 0 aliphatic rings. The van der Waals surface area contributed by atoms with Crippen molar-refractivity contribution in [1.29, 1.82) is 0 Å². The third-order valence-electron chi connectivity index (χ3n) is 3.61. The van der Waals surface area contributed by atoms with Gasteiger partial charge in [-0.3, -0.25) is 4.99 Å². The summed E-state index contributed by atoms with van der Waals surface area (Å²) in [6.45, 7) is 0.728. The zero-order chi connectivity index (χ0) is 14.7. The Balaban J connectivity index is 1.99. The number of aromatic nitrogens is 1. The average molecular weight is 298 g/mol. The Morgan fingerprint density at radius 2 is 2.19 bits per heavy atom. The van der Waals surface area contributed by atoms with E-state index in [2.05, 4.69) is 57.2 Å². The molecule has 0 radical (unpaired) electrons. The number of nitrogens with one attached hydrogen (secondary N) is 2. The number of aliphatic imine (C=N–C) groups is 1. The molecule has 4 N–H and O–H groups in total. The topological polar surface area (TPSA) is 66.2 Å². The van der Waals surface area contributed by atoms with Crippen LogP contribution in [0, 0.1) is 0 Å². The van der Waals surface area contributed by atoms with Crippen LogP contribution in [-0.4, -0.2) is 24.5 Å². The molecule has 0 spiro atoms. The van der Waals surface area contributed by atoms with Gasteiger partial charge in [0.15, 0.2) is 5.96 Å². The van der Waals surface area contributed by atoms with Crippen molar-refractivity contribution in [2.75, 3.05) is 13.6 Å². The van der Waals surface area contributed by atoms with Gasteiger partial charge in [-0.05, 0) is 23.1 Å². The van der Waals surface area contributed by atoms with E-state index in [0.717, 1.165) is 12.1 Å². The van der Waals surface area contributed by atoms with Gasteiger partial charge in [0, 0.05) is 41.5 Å². The van der Waals surface area contributed by atoms with Gasteiger partial charge in [0.05, 0.1) is 0 Å². The highest BCUT2D eigenvalue weighted by molar-refractivity contribution is 7.10. The maximum Gasteiger partial charge on any atom is 0.188 e. The van der Waals surface area contributed by atoms with Gasteiger partial charge in [-0.1, -0.05) is 24.3 Å². The van der Waals surface area contributed by atoms with Crippen molar-refractivity contribution in [3.63, 3.8) is 0 Å². The van der Waals surface area contributed by atoms with Crippen molar-refractivity contribution < 1.29 is 0 Å². The third-order valence-corrected chi connectivity index (χ3v) is 4.60. The van der Waals surface area contributed by atoms with Gasteiger partial charge in [0.2, 0.25) is 0 Å². The molecule has 0 aliphatic heterocycles. The van der Waals surface area contributed by atoms with Gasteiger partial charge in [-0.25, -0.2) is 0 Å². The molecule has 21 heavy (non-hydrogen) atoms. The number of aromatic amines is 1. The molecular weight excluding hydrogens is 280 g/mol. The molecule has 0 fully saturated rings. The van der Waals surface area contributed by atoms with Gasteiger partial charge in [0.1, 0.15) is 0 Å². The molecule has 0 saturated carbocycles. The molecule has 0 saturated heterocycles. The summed E-state index contributed by atoms with van der Waals surface area (Å²) in [7, 11) is 1.69. The van der Waals surface area contributed by atoms with E-state index in [1.165, 1.54) is 15.8 Å². The number of nitrogens with zero attached hydrogens (tertiary/aromatic N) is 1. The van der Waals surface area contributed by atoms with Crippen LogP contribution in [0.5, 0.6) is 0 Å². The zero-order valence-electron chi connectivity index (χ0n) is 11.8. The number of benzene rings is 1. The summed E-state index contributed by atoms with van der Waals surface area (Å²) in [5.41, 5.74) is 8.22. The molecule has 4 nitrogen and oxygen atoms in total. The lowest BCUT2D eigenvalue weighted by atomic mass is 9.97. The molecular formula is C16H18N4S. The van der Waals surface area contributed by atoms with Crippen LogP contribution in [0.2, 0.25) is 0 Å². The monoisotopic (exact) mass is 298 g/mol. The Morgan fingerprint density at radius 1 is 1.33 bits per heavy atom. The van der Waals surface area contributed by atoms with Crippen molar-refractivity contribution in [2.24, 2.45) is 10.7 Å². The lowest BCUT2D eigenvalue weighted by Gasteiger charge is -2.16. The van der Waals surface area contributed by atoms with Crippen LogP contribution in [0.3, 0.4) is 0 Å². The summed E-state index contributed by atoms with van der Waals surface area (Å²) in [6.07, 6.45) is 2.09. The molecule has 0 amide bonds.